The highest BCUT2D eigenvalue weighted by atomic mass is 16.7. The highest BCUT2D eigenvalue weighted by Gasteiger charge is 2.47. The Morgan fingerprint density at radius 1 is 0.936 bits per heavy atom. The monoisotopic (exact) mass is 633 g/mol. The molecule has 10 heteroatoms. The van der Waals surface area contributed by atoms with Gasteiger partial charge >= 0.3 is 6.09 Å². The molecule has 7 atom stereocenters. The Balaban J connectivity index is 1.01. The van der Waals surface area contributed by atoms with E-state index in [0.29, 0.717) is 18.0 Å². The molecule has 1 saturated carbocycles. The van der Waals surface area contributed by atoms with E-state index in [-0.39, 0.29) is 18.0 Å². The number of nitrogens with one attached hydrogen (secondary N) is 4. The summed E-state index contributed by atoms with van der Waals surface area (Å²) in [6, 6.07) is 20.8. The molecule has 8 rings (SSSR count). The van der Waals surface area contributed by atoms with Crippen LogP contribution in [0, 0.1) is 17.8 Å². The Hall–Kier alpha value is -4.25. The van der Waals surface area contributed by atoms with Crippen LogP contribution < -0.4 is 10.6 Å². The van der Waals surface area contributed by atoms with Crippen LogP contribution in [-0.2, 0) is 9.57 Å². The lowest BCUT2D eigenvalue weighted by atomic mass is 9.99. The van der Waals surface area contributed by atoms with Gasteiger partial charge in [0.2, 0.25) is 0 Å². The molecule has 3 aliphatic rings. The van der Waals surface area contributed by atoms with Crippen molar-refractivity contribution in [3.63, 3.8) is 0 Å². The van der Waals surface area contributed by atoms with Crippen molar-refractivity contribution in [2.45, 2.75) is 77.4 Å². The Bertz CT molecular complexity index is 1940. The molecule has 47 heavy (non-hydrogen) atoms. The van der Waals surface area contributed by atoms with Crippen LogP contribution >= 0.6 is 0 Å². The quantitative estimate of drug-likeness (QED) is 0.133. The first kappa shape index (κ1) is 30.1. The third kappa shape index (κ3) is 5.68. The van der Waals surface area contributed by atoms with Crippen molar-refractivity contribution in [2.24, 2.45) is 17.8 Å². The Morgan fingerprint density at radius 2 is 1.68 bits per heavy atom. The topological polar surface area (TPSA) is 120 Å². The van der Waals surface area contributed by atoms with Crippen molar-refractivity contribution in [1.82, 2.24) is 35.6 Å². The SMILES string of the molecule is COC(=O)N[C@H](ON1[C@H](C)[C@H](C)C[C@H]1c1ncc(-c2ccc3cc(-c4ccc5nc([C@@H]6CC7C[C@H]7N6)[nH]c5c4)ccc3c2)[nH]1)C(C)C. The zero-order chi connectivity index (χ0) is 32.4. The molecule has 0 spiro atoms. The number of nitrogens with zero attached hydrogens (tertiary/aromatic N) is 3. The van der Waals surface area contributed by atoms with Gasteiger partial charge in [0.1, 0.15) is 11.6 Å². The van der Waals surface area contributed by atoms with Gasteiger partial charge in [-0.25, -0.2) is 14.8 Å². The number of benzene rings is 3. The average Bonchev–Trinajstić information content (AvgIpc) is 3.51. The number of methoxy groups -OCH3 is 1. The van der Waals surface area contributed by atoms with Crippen LogP contribution in [0.25, 0.3) is 44.2 Å². The number of hydrogen-bond acceptors (Lipinski definition) is 7. The van der Waals surface area contributed by atoms with Crippen molar-refractivity contribution in [2.75, 3.05) is 7.11 Å². The first-order valence-electron chi connectivity index (χ1n) is 16.9. The zero-order valence-corrected chi connectivity index (χ0v) is 27.6. The predicted octanol–water partition coefficient (Wildman–Crippen LogP) is 7.24. The number of aromatic nitrogens is 4. The molecule has 4 heterocycles. The van der Waals surface area contributed by atoms with Gasteiger partial charge in [0.05, 0.1) is 42.1 Å². The summed E-state index contributed by atoms with van der Waals surface area (Å²) >= 11 is 0. The molecule has 2 saturated heterocycles. The molecular formula is C37H43N7O3. The van der Waals surface area contributed by atoms with E-state index in [1.54, 1.807) is 0 Å². The molecule has 2 aromatic heterocycles. The number of H-pyrrole nitrogens is 2. The summed E-state index contributed by atoms with van der Waals surface area (Å²) in [6.45, 7) is 8.40. The highest BCUT2D eigenvalue weighted by Crippen LogP contribution is 2.46. The number of amides is 1. The molecule has 1 aliphatic carbocycles. The van der Waals surface area contributed by atoms with Gasteiger partial charge in [-0.2, -0.15) is 5.06 Å². The standard InChI is InChI=1S/C37H43N7O3/c1-19(2)36(43-37(45)46-5)47-44-21(4)20(3)12-33(44)35-38-18-32(42-35)26-9-8-22-13-23(6-7-24(22)14-26)25-10-11-28-30(15-25)41-34(40-28)31-17-27-16-29(27)39-31/h6-11,13-15,18-21,27,29,31,33,36,39H,12,16-17H2,1-5H3,(H,38,42)(H,40,41)(H,43,45)/t20-,21-,27?,29-,31+,33+,36-/m1/s1. The van der Waals surface area contributed by atoms with Gasteiger partial charge in [-0.1, -0.05) is 51.1 Å². The maximum atomic E-state index is 12.0. The van der Waals surface area contributed by atoms with Gasteiger partial charge < -0.3 is 20.0 Å². The van der Waals surface area contributed by atoms with Gasteiger partial charge in [-0.15, -0.1) is 0 Å². The summed E-state index contributed by atoms with van der Waals surface area (Å²) in [5, 5.41) is 10.9. The lowest BCUT2D eigenvalue weighted by molar-refractivity contribution is -0.244. The first-order chi connectivity index (χ1) is 22.7. The number of fused-ring (bicyclic) bond motifs is 3. The van der Waals surface area contributed by atoms with E-state index in [9.17, 15) is 4.79 Å². The van der Waals surface area contributed by atoms with Crippen molar-refractivity contribution < 1.29 is 14.4 Å². The number of hydroxylamine groups is 2. The number of ether oxygens (including phenoxy) is 1. The van der Waals surface area contributed by atoms with E-state index in [0.717, 1.165) is 46.3 Å². The normalized spacial score (nSPS) is 26.3. The second kappa shape index (κ2) is 11.8. The summed E-state index contributed by atoms with van der Waals surface area (Å²) in [6.07, 6.45) is 4.27. The Labute approximate surface area is 274 Å². The molecule has 4 N–H and O–H groups in total. The second-order valence-corrected chi connectivity index (χ2v) is 14.1. The van der Waals surface area contributed by atoms with E-state index in [4.69, 9.17) is 19.5 Å². The number of imidazole rings is 2. The highest BCUT2D eigenvalue weighted by molar-refractivity contribution is 5.91. The van der Waals surface area contributed by atoms with E-state index in [2.05, 4.69) is 89.0 Å². The van der Waals surface area contributed by atoms with E-state index in [1.807, 2.05) is 25.1 Å². The number of carbonyl (C=O) groups is 1. The fourth-order valence-electron chi connectivity index (χ4n) is 7.36. The first-order valence-corrected chi connectivity index (χ1v) is 16.9. The van der Waals surface area contributed by atoms with Crippen LogP contribution in [0.4, 0.5) is 4.79 Å². The molecule has 1 amide bonds. The molecule has 3 aromatic carbocycles. The summed E-state index contributed by atoms with van der Waals surface area (Å²) in [4.78, 5) is 35.3. The third-order valence-corrected chi connectivity index (χ3v) is 10.5. The van der Waals surface area contributed by atoms with Crippen LogP contribution in [0.3, 0.4) is 0 Å². The van der Waals surface area contributed by atoms with Gasteiger partial charge in [0.15, 0.2) is 6.23 Å². The van der Waals surface area contributed by atoms with Crippen LogP contribution in [0.2, 0.25) is 0 Å². The van der Waals surface area contributed by atoms with E-state index in [1.165, 1.54) is 41.9 Å². The molecule has 10 nitrogen and oxygen atoms in total. The minimum Gasteiger partial charge on any atom is -0.453 e. The smallest absolute Gasteiger partial charge is 0.408 e. The van der Waals surface area contributed by atoms with Crippen molar-refractivity contribution in [3.8, 4) is 22.4 Å². The molecule has 0 bridgehead atoms. The number of alkyl carbamates (subject to hydrolysis) is 1. The molecule has 2 aliphatic heterocycles. The van der Waals surface area contributed by atoms with Gasteiger partial charge in [-0.3, -0.25) is 10.2 Å². The van der Waals surface area contributed by atoms with Crippen LogP contribution in [0.1, 0.15) is 70.7 Å². The summed E-state index contributed by atoms with van der Waals surface area (Å²) in [5.74, 6) is 3.19. The molecule has 5 aromatic rings. The van der Waals surface area contributed by atoms with Crippen LogP contribution in [0.5, 0.6) is 0 Å². The van der Waals surface area contributed by atoms with Gasteiger partial charge in [0, 0.05) is 23.6 Å². The largest absolute Gasteiger partial charge is 0.453 e. The number of piperidine rings is 1. The second-order valence-electron chi connectivity index (χ2n) is 14.1. The maximum absolute atomic E-state index is 12.0. The predicted molar refractivity (Wildman–Crippen MR) is 182 cm³/mol. The molecule has 0 radical (unpaired) electrons. The number of hydrogen-bond donors (Lipinski definition) is 4. The summed E-state index contributed by atoms with van der Waals surface area (Å²) in [5.41, 5.74) is 6.49. The molecule has 3 fully saturated rings. The molecular weight excluding hydrogens is 590 g/mol. The summed E-state index contributed by atoms with van der Waals surface area (Å²) < 4.78 is 4.83. The lowest BCUT2D eigenvalue weighted by Crippen LogP contribution is -2.46. The van der Waals surface area contributed by atoms with E-state index < -0.39 is 12.3 Å². The summed E-state index contributed by atoms with van der Waals surface area (Å²) in [7, 11) is 1.36. The van der Waals surface area contributed by atoms with Crippen molar-refractivity contribution in [3.05, 3.63) is 72.4 Å². The van der Waals surface area contributed by atoms with Crippen molar-refractivity contribution in [1.29, 1.82) is 0 Å². The molecule has 1 unspecified atom stereocenters. The number of rotatable bonds is 8. The van der Waals surface area contributed by atoms with Crippen LogP contribution in [-0.4, -0.2) is 56.5 Å². The maximum Gasteiger partial charge on any atom is 0.408 e. The van der Waals surface area contributed by atoms with Crippen LogP contribution in [0.15, 0.2) is 60.8 Å². The van der Waals surface area contributed by atoms with Crippen molar-refractivity contribution >= 4 is 27.9 Å². The Morgan fingerprint density at radius 3 is 2.43 bits per heavy atom. The Kier molecular flexibility index (Phi) is 7.54. The lowest BCUT2D eigenvalue weighted by Gasteiger charge is -2.33. The average molecular weight is 634 g/mol. The molecule has 244 valence electrons. The number of carbonyl (C=O) groups excluding carboxylic acids is 1. The fraction of sp³-hybridized carbons (Fsp3) is 0.432. The zero-order valence-electron chi connectivity index (χ0n) is 27.6. The van der Waals surface area contributed by atoms with E-state index >= 15 is 0 Å². The number of aromatic amines is 2. The van der Waals surface area contributed by atoms with Gasteiger partial charge in [-0.05, 0) is 84.2 Å². The minimum absolute atomic E-state index is 0.0499. The fourth-order valence-corrected chi connectivity index (χ4v) is 7.36. The minimum atomic E-state index is -0.518. The third-order valence-electron chi connectivity index (χ3n) is 10.5. The van der Waals surface area contributed by atoms with Gasteiger partial charge in [0.25, 0.3) is 0 Å².